The Bertz CT molecular complexity index is 391. The van der Waals surface area contributed by atoms with Crippen LogP contribution in [0.4, 0.5) is 5.69 Å². The van der Waals surface area contributed by atoms with Gasteiger partial charge in [0.15, 0.2) is 5.75 Å². The SMILES string of the molecule is O=[N+]([O-])c1cnccc1OCC1CCNCC1. The predicted molar refractivity (Wildman–Crippen MR) is 62.0 cm³/mol. The van der Waals surface area contributed by atoms with E-state index in [0.717, 1.165) is 25.9 Å². The first kappa shape index (κ1) is 11.8. The molecule has 0 radical (unpaired) electrons. The normalized spacial score (nSPS) is 16.7. The zero-order chi connectivity index (χ0) is 12.1. The van der Waals surface area contributed by atoms with E-state index in [-0.39, 0.29) is 5.69 Å². The van der Waals surface area contributed by atoms with E-state index < -0.39 is 4.92 Å². The standard InChI is InChI=1S/C11H15N3O3/c15-14(16)10-7-13-6-3-11(10)17-8-9-1-4-12-5-2-9/h3,6-7,9,12H,1-2,4-5,8H2. The number of hydrogen-bond acceptors (Lipinski definition) is 5. The van der Waals surface area contributed by atoms with E-state index >= 15 is 0 Å². The maximum absolute atomic E-state index is 10.7. The minimum absolute atomic E-state index is 0.0681. The first-order valence-electron chi connectivity index (χ1n) is 5.69. The number of piperidine rings is 1. The second kappa shape index (κ2) is 5.58. The van der Waals surface area contributed by atoms with Gasteiger partial charge in [0.05, 0.1) is 11.5 Å². The van der Waals surface area contributed by atoms with Crippen LogP contribution >= 0.6 is 0 Å². The van der Waals surface area contributed by atoms with Crippen LogP contribution in [0.5, 0.6) is 5.75 Å². The number of nitro groups is 1. The van der Waals surface area contributed by atoms with Crippen LogP contribution in [0.1, 0.15) is 12.8 Å². The lowest BCUT2D eigenvalue weighted by Crippen LogP contribution is -2.30. The minimum Gasteiger partial charge on any atom is -0.486 e. The molecule has 1 aromatic rings. The van der Waals surface area contributed by atoms with Crippen LogP contribution in [-0.2, 0) is 0 Å². The lowest BCUT2D eigenvalue weighted by molar-refractivity contribution is -0.386. The van der Waals surface area contributed by atoms with Crippen LogP contribution in [0.25, 0.3) is 0 Å². The van der Waals surface area contributed by atoms with Gasteiger partial charge in [-0.2, -0.15) is 0 Å². The molecule has 1 aliphatic rings. The molecule has 1 saturated heterocycles. The summed E-state index contributed by atoms with van der Waals surface area (Å²) in [5, 5.41) is 14.0. The van der Waals surface area contributed by atoms with Crippen molar-refractivity contribution >= 4 is 5.69 Å². The molecule has 1 aliphatic heterocycles. The highest BCUT2D eigenvalue weighted by Gasteiger charge is 2.18. The van der Waals surface area contributed by atoms with Gasteiger partial charge < -0.3 is 10.1 Å². The lowest BCUT2D eigenvalue weighted by atomic mass is 9.99. The molecule has 0 spiro atoms. The van der Waals surface area contributed by atoms with E-state index in [4.69, 9.17) is 4.74 Å². The van der Waals surface area contributed by atoms with Gasteiger partial charge in [0, 0.05) is 12.3 Å². The predicted octanol–water partition coefficient (Wildman–Crippen LogP) is 1.37. The van der Waals surface area contributed by atoms with Crippen molar-refractivity contribution in [3.63, 3.8) is 0 Å². The van der Waals surface area contributed by atoms with Crippen molar-refractivity contribution in [1.29, 1.82) is 0 Å². The molecule has 2 heterocycles. The summed E-state index contributed by atoms with van der Waals surface area (Å²) in [6.07, 6.45) is 4.83. The van der Waals surface area contributed by atoms with E-state index in [0.29, 0.717) is 18.3 Å². The van der Waals surface area contributed by atoms with Gasteiger partial charge >= 0.3 is 5.69 Å². The fourth-order valence-electron chi connectivity index (χ4n) is 1.89. The Morgan fingerprint density at radius 2 is 2.29 bits per heavy atom. The van der Waals surface area contributed by atoms with Gasteiger partial charge in [-0.25, -0.2) is 0 Å². The maximum Gasteiger partial charge on any atom is 0.329 e. The van der Waals surface area contributed by atoms with Gasteiger partial charge in [-0.05, 0) is 31.8 Å². The Morgan fingerprint density at radius 3 is 3.00 bits per heavy atom. The third-order valence-corrected chi connectivity index (χ3v) is 2.89. The Labute approximate surface area is 99.2 Å². The summed E-state index contributed by atoms with van der Waals surface area (Å²) >= 11 is 0. The summed E-state index contributed by atoms with van der Waals surface area (Å²) in [6.45, 7) is 2.52. The van der Waals surface area contributed by atoms with Crippen LogP contribution in [0, 0.1) is 16.0 Å². The highest BCUT2D eigenvalue weighted by atomic mass is 16.6. The first-order valence-corrected chi connectivity index (χ1v) is 5.69. The average Bonchev–Trinajstić information content (AvgIpc) is 2.38. The first-order chi connectivity index (χ1) is 8.27. The Balaban J connectivity index is 1.96. The number of pyridine rings is 1. The van der Waals surface area contributed by atoms with Crippen molar-refractivity contribution in [2.75, 3.05) is 19.7 Å². The van der Waals surface area contributed by atoms with E-state index in [1.54, 1.807) is 6.07 Å². The number of aromatic nitrogens is 1. The molecule has 0 amide bonds. The van der Waals surface area contributed by atoms with Gasteiger partial charge in [-0.1, -0.05) is 0 Å². The van der Waals surface area contributed by atoms with Gasteiger partial charge in [-0.3, -0.25) is 15.1 Å². The maximum atomic E-state index is 10.7. The van der Waals surface area contributed by atoms with Crippen molar-refractivity contribution < 1.29 is 9.66 Å². The summed E-state index contributed by atoms with van der Waals surface area (Å²) in [5.74, 6) is 0.785. The molecule has 0 unspecified atom stereocenters. The Kier molecular flexibility index (Phi) is 3.87. The number of hydrogen-bond donors (Lipinski definition) is 1. The van der Waals surface area contributed by atoms with E-state index in [2.05, 4.69) is 10.3 Å². The molecule has 0 bridgehead atoms. The quantitative estimate of drug-likeness (QED) is 0.632. The number of ether oxygens (including phenoxy) is 1. The van der Waals surface area contributed by atoms with Crippen LogP contribution in [0.2, 0.25) is 0 Å². The molecule has 17 heavy (non-hydrogen) atoms. The fourth-order valence-corrected chi connectivity index (χ4v) is 1.89. The third-order valence-electron chi connectivity index (χ3n) is 2.89. The molecule has 0 aliphatic carbocycles. The molecular formula is C11H15N3O3. The summed E-state index contributed by atoms with van der Waals surface area (Å²) in [7, 11) is 0. The molecule has 1 fully saturated rings. The van der Waals surface area contributed by atoms with E-state index in [1.807, 2.05) is 0 Å². The third kappa shape index (κ3) is 3.13. The molecule has 2 rings (SSSR count). The van der Waals surface area contributed by atoms with Crippen molar-refractivity contribution in [3.8, 4) is 5.75 Å². The van der Waals surface area contributed by atoms with E-state index in [9.17, 15) is 10.1 Å². The second-order valence-corrected chi connectivity index (χ2v) is 4.10. The zero-order valence-electron chi connectivity index (χ0n) is 9.46. The van der Waals surface area contributed by atoms with Gasteiger partial charge in [-0.15, -0.1) is 0 Å². The summed E-state index contributed by atoms with van der Waals surface area (Å²) in [6, 6.07) is 1.54. The summed E-state index contributed by atoms with van der Waals surface area (Å²) in [5.41, 5.74) is -0.0681. The Hall–Kier alpha value is -1.69. The lowest BCUT2D eigenvalue weighted by Gasteiger charge is -2.22. The molecule has 0 aromatic carbocycles. The highest BCUT2D eigenvalue weighted by Crippen LogP contribution is 2.25. The largest absolute Gasteiger partial charge is 0.486 e. The number of nitrogens with zero attached hydrogens (tertiary/aromatic N) is 2. The molecule has 1 aromatic heterocycles. The molecule has 0 atom stereocenters. The molecule has 0 saturated carbocycles. The summed E-state index contributed by atoms with van der Waals surface area (Å²) < 4.78 is 5.53. The van der Waals surface area contributed by atoms with Gasteiger partial charge in [0.25, 0.3) is 0 Å². The topological polar surface area (TPSA) is 77.3 Å². The van der Waals surface area contributed by atoms with Crippen molar-refractivity contribution in [3.05, 3.63) is 28.6 Å². The monoisotopic (exact) mass is 237 g/mol. The van der Waals surface area contributed by atoms with Crippen molar-refractivity contribution in [2.24, 2.45) is 5.92 Å². The van der Waals surface area contributed by atoms with Crippen molar-refractivity contribution in [2.45, 2.75) is 12.8 Å². The molecular weight excluding hydrogens is 222 g/mol. The van der Waals surface area contributed by atoms with Crippen LogP contribution < -0.4 is 10.1 Å². The number of nitrogens with one attached hydrogen (secondary N) is 1. The molecule has 92 valence electrons. The van der Waals surface area contributed by atoms with Crippen LogP contribution in [0.3, 0.4) is 0 Å². The smallest absolute Gasteiger partial charge is 0.329 e. The minimum atomic E-state index is -0.468. The molecule has 6 heteroatoms. The molecule has 6 nitrogen and oxygen atoms in total. The Morgan fingerprint density at radius 1 is 1.53 bits per heavy atom. The van der Waals surface area contributed by atoms with Crippen LogP contribution in [-0.4, -0.2) is 29.6 Å². The second-order valence-electron chi connectivity index (χ2n) is 4.10. The fraction of sp³-hybridized carbons (Fsp3) is 0.545. The van der Waals surface area contributed by atoms with Crippen molar-refractivity contribution in [1.82, 2.24) is 10.3 Å². The van der Waals surface area contributed by atoms with Gasteiger partial charge in [0.2, 0.25) is 0 Å². The summed E-state index contributed by atoms with van der Waals surface area (Å²) in [4.78, 5) is 14.0. The van der Waals surface area contributed by atoms with Crippen LogP contribution in [0.15, 0.2) is 18.5 Å². The number of rotatable bonds is 4. The average molecular weight is 237 g/mol. The zero-order valence-corrected chi connectivity index (χ0v) is 9.46. The van der Waals surface area contributed by atoms with E-state index in [1.165, 1.54) is 12.4 Å². The van der Waals surface area contributed by atoms with Gasteiger partial charge in [0.1, 0.15) is 6.20 Å². The molecule has 1 N–H and O–H groups in total. The highest BCUT2D eigenvalue weighted by molar-refractivity contribution is 5.42.